The van der Waals surface area contributed by atoms with E-state index in [2.05, 4.69) is 33.0 Å². The van der Waals surface area contributed by atoms with E-state index in [0.717, 1.165) is 25.2 Å². The van der Waals surface area contributed by atoms with Crippen molar-refractivity contribution in [3.63, 3.8) is 0 Å². The summed E-state index contributed by atoms with van der Waals surface area (Å²) in [6, 6.07) is 0.848. The van der Waals surface area contributed by atoms with Crippen LogP contribution in [0.1, 0.15) is 53.4 Å². The fourth-order valence-corrected chi connectivity index (χ4v) is 3.28. The van der Waals surface area contributed by atoms with Crippen molar-refractivity contribution in [3.8, 4) is 0 Å². The minimum atomic E-state index is 0.554. The Kier molecular flexibility index (Phi) is 5.77. The van der Waals surface area contributed by atoms with Crippen molar-refractivity contribution in [1.82, 2.24) is 0 Å². The van der Waals surface area contributed by atoms with Crippen molar-refractivity contribution in [2.75, 3.05) is 19.8 Å². The van der Waals surface area contributed by atoms with E-state index >= 15 is 0 Å². The highest BCUT2D eigenvalue weighted by Gasteiger charge is 2.33. The molecule has 0 unspecified atom stereocenters. The lowest BCUT2D eigenvalue weighted by Crippen LogP contribution is -2.91. The molecule has 0 heterocycles. The van der Waals surface area contributed by atoms with Gasteiger partial charge in [0, 0.05) is 25.9 Å². The van der Waals surface area contributed by atoms with E-state index < -0.39 is 0 Å². The Bertz CT molecular complexity index is 191. The Labute approximate surface area is 101 Å². The van der Waals surface area contributed by atoms with Gasteiger partial charge < -0.3 is 10.1 Å². The summed E-state index contributed by atoms with van der Waals surface area (Å²) >= 11 is 0. The lowest BCUT2D eigenvalue weighted by molar-refractivity contribution is -0.695. The number of ether oxygens (including phenoxy) is 1. The maximum absolute atomic E-state index is 5.36. The quantitative estimate of drug-likeness (QED) is 0.693. The van der Waals surface area contributed by atoms with Crippen LogP contribution in [-0.2, 0) is 4.74 Å². The van der Waals surface area contributed by atoms with Crippen LogP contribution >= 0.6 is 0 Å². The van der Waals surface area contributed by atoms with Crippen LogP contribution in [0, 0.1) is 11.3 Å². The molecule has 0 aromatic rings. The van der Waals surface area contributed by atoms with E-state index in [9.17, 15) is 0 Å². The van der Waals surface area contributed by atoms with Crippen LogP contribution in [0.5, 0.6) is 0 Å². The Morgan fingerprint density at radius 1 is 1.31 bits per heavy atom. The van der Waals surface area contributed by atoms with E-state index in [1.807, 2.05) is 0 Å². The van der Waals surface area contributed by atoms with Gasteiger partial charge in [0.15, 0.2) is 0 Å². The summed E-state index contributed by atoms with van der Waals surface area (Å²) in [5, 5.41) is 2.55. The molecule has 96 valence electrons. The predicted octanol–water partition coefficient (Wildman–Crippen LogP) is 2.19. The van der Waals surface area contributed by atoms with Gasteiger partial charge in [0.25, 0.3) is 0 Å². The van der Waals surface area contributed by atoms with E-state index in [0.29, 0.717) is 5.41 Å². The molecular weight excluding hydrogens is 198 g/mol. The molecule has 0 aliphatic heterocycles. The summed E-state index contributed by atoms with van der Waals surface area (Å²) in [7, 11) is 0. The van der Waals surface area contributed by atoms with Gasteiger partial charge in [-0.1, -0.05) is 20.8 Å². The van der Waals surface area contributed by atoms with Gasteiger partial charge >= 0.3 is 0 Å². The van der Waals surface area contributed by atoms with E-state index in [1.54, 1.807) is 0 Å². The molecule has 0 aromatic heterocycles. The smallest absolute Gasteiger partial charge is 0.0866 e. The second-order valence-corrected chi connectivity index (χ2v) is 6.25. The third kappa shape index (κ3) is 5.31. The molecule has 2 nitrogen and oxygen atoms in total. The molecule has 0 saturated heterocycles. The maximum Gasteiger partial charge on any atom is 0.0866 e. The van der Waals surface area contributed by atoms with Gasteiger partial charge in [-0.05, 0) is 24.7 Å². The third-order valence-corrected chi connectivity index (χ3v) is 3.62. The molecule has 1 rings (SSSR count). The average molecular weight is 228 g/mol. The van der Waals surface area contributed by atoms with Crippen molar-refractivity contribution in [1.29, 1.82) is 0 Å². The van der Waals surface area contributed by atoms with Crippen LogP contribution in [0.15, 0.2) is 0 Å². The standard InChI is InChI=1S/C14H29NO/c1-5-16-8-6-7-15-13-9-12(2)10-14(3,4)11-13/h12-13,15H,5-11H2,1-4H3/p+1/t12-,13+/m0/s1. The van der Waals surface area contributed by atoms with E-state index in [4.69, 9.17) is 4.74 Å². The number of hydrogen-bond donors (Lipinski definition) is 1. The molecule has 2 atom stereocenters. The van der Waals surface area contributed by atoms with Gasteiger partial charge in [0.1, 0.15) is 0 Å². The number of quaternary nitrogens is 1. The van der Waals surface area contributed by atoms with Gasteiger partial charge in [-0.2, -0.15) is 0 Å². The number of hydrogen-bond acceptors (Lipinski definition) is 1. The lowest BCUT2D eigenvalue weighted by atomic mass is 9.70. The summed E-state index contributed by atoms with van der Waals surface area (Å²) in [6.45, 7) is 12.3. The second kappa shape index (κ2) is 6.61. The summed E-state index contributed by atoms with van der Waals surface area (Å²) < 4.78 is 5.36. The Morgan fingerprint density at radius 3 is 2.69 bits per heavy atom. The first-order chi connectivity index (χ1) is 7.53. The zero-order chi connectivity index (χ0) is 12.0. The summed E-state index contributed by atoms with van der Waals surface area (Å²) in [5.41, 5.74) is 0.554. The minimum absolute atomic E-state index is 0.554. The van der Waals surface area contributed by atoms with E-state index in [-0.39, 0.29) is 0 Å². The molecule has 2 heteroatoms. The van der Waals surface area contributed by atoms with Gasteiger partial charge in [-0.15, -0.1) is 0 Å². The first-order valence-corrected chi connectivity index (χ1v) is 6.94. The highest BCUT2D eigenvalue weighted by atomic mass is 16.5. The summed E-state index contributed by atoms with van der Waals surface area (Å²) in [5.74, 6) is 0.900. The van der Waals surface area contributed by atoms with Crippen molar-refractivity contribution in [3.05, 3.63) is 0 Å². The SMILES string of the molecule is CCOCCC[NH2+][C@@H]1C[C@H](C)CC(C)(C)C1. The van der Waals surface area contributed by atoms with Crippen LogP contribution in [0.3, 0.4) is 0 Å². The van der Waals surface area contributed by atoms with Crippen LogP contribution in [0.4, 0.5) is 0 Å². The summed E-state index contributed by atoms with van der Waals surface area (Å²) in [4.78, 5) is 0. The molecular formula is C14H30NO+. The van der Waals surface area contributed by atoms with Crippen molar-refractivity contribution >= 4 is 0 Å². The average Bonchev–Trinajstić information content (AvgIpc) is 2.14. The fourth-order valence-electron chi connectivity index (χ4n) is 3.28. The first kappa shape index (κ1) is 14.0. The Morgan fingerprint density at radius 2 is 2.06 bits per heavy atom. The van der Waals surface area contributed by atoms with Crippen molar-refractivity contribution < 1.29 is 10.1 Å². The Balaban J connectivity index is 2.16. The van der Waals surface area contributed by atoms with Crippen molar-refractivity contribution in [2.45, 2.75) is 59.4 Å². The van der Waals surface area contributed by atoms with Gasteiger partial charge in [0.05, 0.1) is 19.2 Å². The second-order valence-electron chi connectivity index (χ2n) is 6.25. The van der Waals surface area contributed by atoms with Gasteiger partial charge in [-0.3, -0.25) is 0 Å². The molecule has 1 saturated carbocycles. The van der Waals surface area contributed by atoms with Crippen LogP contribution in [0.25, 0.3) is 0 Å². The molecule has 0 amide bonds. The van der Waals surface area contributed by atoms with E-state index in [1.165, 1.54) is 32.2 Å². The van der Waals surface area contributed by atoms with Crippen molar-refractivity contribution in [2.24, 2.45) is 11.3 Å². The van der Waals surface area contributed by atoms with Gasteiger partial charge in [-0.25, -0.2) is 0 Å². The Hall–Kier alpha value is -0.0800. The zero-order valence-electron chi connectivity index (χ0n) is 11.6. The maximum atomic E-state index is 5.36. The van der Waals surface area contributed by atoms with Crippen LogP contribution in [-0.4, -0.2) is 25.8 Å². The molecule has 1 fully saturated rings. The fraction of sp³-hybridized carbons (Fsp3) is 1.00. The minimum Gasteiger partial charge on any atom is -0.382 e. The third-order valence-electron chi connectivity index (χ3n) is 3.62. The molecule has 0 bridgehead atoms. The van der Waals surface area contributed by atoms with Gasteiger partial charge in [0.2, 0.25) is 0 Å². The largest absolute Gasteiger partial charge is 0.382 e. The molecule has 1 aliphatic rings. The zero-order valence-corrected chi connectivity index (χ0v) is 11.6. The number of nitrogens with two attached hydrogens (primary N) is 1. The number of rotatable bonds is 6. The molecule has 1 aliphatic carbocycles. The van der Waals surface area contributed by atoms with Crippen LogP contribution in [0.2, 0.25) is 0 Å². The monoisotopic (exact) mass is 228 g/mol. The lowest BCUT2D eigenvalue weighted by Gasteiger charge is -2.37. The highest BCUT2D eigenvalue weighted by Crippen LogP contribution is 2.37. The highest BCUT2D eigenvalue weighted by molar-refractivity contribution is 4.82. The molecule has 0 spiro atoms. The first-order valence-electron chi connectivity index (χ1n) is 6.94. The summed E-state index contributed by atoms with van der Waals surface area (Å²) in [6.07, 6.45) is 5.37. The van der Waals surface area contributed by atoms with Crippen LogP contribution < -0.4 is 5.32 Å². The molecule has 0 aromatic carbocycles. The molecule has 0 radical (unpaired) electrons. The predicted molar refractivity (Wildman–Crippen MR) is 68.5 cm³/mol. The molecule has 2 N–H and O–H groups in total. The topological polar surface area (TPSA) is 25.8 Å². The normalized spacial score (nSPS) is 29.2. The molecule has 16 heavy (non-hydrogen) atoms.